The van der Waals surface area contributed by atoms with Gasteiger partial charge in [0, 0.05) is 25.6 Å². The van der Waals surface area contributed by atoms with Gasteiger partial charge in [-0.1, -0.05) is 43.3 Å². The summed E-state index contributed by atoms with van der Waals surface area (Å²) in [5, 5.41) is 0. The maximum atomic E-state index is 5.85. The largest absolute Gasteiger partial charge is 0.330 e. The first-order valence-electron chi connectivity index (χ1n) is 5.90. The molecule has 0 bridgehead atoms. The van der Waals surface area contributed by atoms with Crippen molar-refractivity contribution in [2.75, 3.05) is 26.2 Å². The van der Waals surface area contributed by atoms with E-state index in [1.807, 2.05) is 12.1 Å². The number of hydrogen-bond donors (Lipinski definition) is 1. The van der Waals surface area contributed by atoms with Gasteiger partial charge in [0.05, 0.1) is 0 Å². The molecule has 0 aliphatic carbocycles. The number of benzene rings is 1. The van der Waals surface area contributed by atoms with E-state index in [1.54, 1.807) is 0 Å². The van der Waals surface area contributed by atoms with Crippen LogP contribution in [0.3, 0.4) is 0 Å². The van der Waals surface area contributed by atoms with E-state index in [2.05, 4.69) is 42.7 Å². The van der Waals surface area contributed by atoms with Crippen molar-refractivity contribution >= 4 is 0 Å². The summed E-state index contributed by atoms with van der Waals surface area (Å²) in [6.45, 7) is 9.61. The molecule has 1 aromatic rings. The summed E-state index contributed by atoms with van der Waals surface area (Å²) in [4.78, 5) is 2.36. The molecule has 1 unspecified atom stereocenters. The molecule has 0 radical (unpaired) electrons. The monoisotopic (exact) mass is 218 g/mol. The van der Waals surface area contributed by atoms with Gasteiger partial charge in [-0.2, -0.15) is 0 Å². The summed E-state index contributed by atoms with van der Waals surface area (Å²) < 4.78 is 0. The molecule has 0 saturated carbocycles. The van der Waals surface area contributed by atoms with Crippen LogP contribution in [0.1, 0.15) is 18.4 Å². The zero-order valence-corrected chi connectivity index (χ0v) is 10.1. The highest BCUT2D eigenvalue weighted by Crippen LogP contribution is 2.15. The van der Waals surface area contributed by atoms with Crippen LogP contribution in [-0.4, -0.2) is 31.1 Å². The molecule has 2 N–H and O–H groups in total. The number of nitrogens with two attached hydrogens (primary N) is 1. The van der Waals surface area contributed by atoms with Gasteiger partial charge in [-0.15, -0.1) is 6.58 Å². The van der Waals surface area contributed by atoms with Gasteiger partial charge >= 0.3 is 0 Å². The molecule has 0 aliphatic rings. The third kappa shape index (κ3) is 3.80. The molecular formula is C14H22N2. The summed E-state index contributed by atoms with van der Waals surface area (Å²) in [5.41, 5.74) is 7.18. The van der Waals surface area contributed by atoms with Crippen LogP contribution in [0, 0.1) is 0 Å². The average Bonchev–Trinajstić information content (AvgIpc) is 2.35. The first-order chi connectivity index (χ1) is 7.81. The Morgan fingerprint density at radius 1 is 1.38 bits per heavy atom. The van der Waals surface area contributed by atoms with E-state index in [9.17, 15) is 0 Å². The van der Waals surface area contributed by atoms with Gasteiger partial charge in [-0.3, -0.25) is 4.90 Å². The van der Waals surface area contributed by atoms with E-state index >= 15 is 0 Å². The zero-order chi connectivity index (χ0) is 11.8. The van der Waals surface area contributed by atoms with Crippen molar-refractivity contribution in [2.24, 2.45) is 5.73 Å². The molecule has 0 fully saturated rings. The van der Waals surface area contributed by atoms with E-state index in [1.165, 1.54) is 5.56 Å². The SMILES string of the molecule is C=CCN(CC)CC(CN)c1ccccc1. The normalized spacial score (nSPS) is 12.7. The van der Waals surface area contributed by atoms with Crippen LogP contribution >= 0.6 is 0 Å². The van der Waals surface area contributed by atoms with Gasteiger partial charge in [0.25, 0.3) is 0 Å². The minimum Gasteiger partial charge on any atom is -0.330 e. The van der Waals surface area contributed by atoms with Gasteiger partial charge in [-0.25, -0.2) is 0 Å². The van der Waals surface area contributed by atoms with Crippen LogP contribution in [0.15, 0.2) is 43.0 Å². The van der Waals surface area contributed by atoms with Crippen molar-refractivity contribution in [3.63, 3.8) is 0 Å². The summed E-state index contributed by atoms with van der Waals surface area (Å²) in [6, 6.07) is 10.5. The van der Waals surface area contributed by atoms with Gasteiger partial charge in [0.2, 0.25) is 0 Å². The first-order valence-corrected chi connectivity index (χ1v) is 5.90. The third-order valence-electron chi connectivity index (χ3n) is 2.87. The highest BCUT2D eigenvalue weighted by atomic mass is 15.1. The maximum absolute atomic E-state index is 5.85. The molecule has 0 aliphatic heterocycles. The van der Waals surface area contributed by atoms with Crippen molar-refractivity contribution in [1.29, 1.82) is 0 Å². The van der Waals surface area contributed by atoms with E-state index in [-0.39, 0.29) is 0 Å². The number of hydrogen-bond acceptors (Lipinski definition) is 2. The molecule has 0 saturated heterocycles. The molecular weight excluding hydrogens is 196 g/mol. The van der Waals surface area contributed by atoms with E-state index in [4.69, 9.17) is 5.73 Å². The number of likely N-dealkylation sites (N-methyl/N-ethyl adjacent to an activating group) is 1. The maximum Gasteiger partial charge on any atom is 0.0160 e. The Morgan fingerprint density at radius 2 is 2.06 bits per heavy atom. The quantitative estimate of drug-likeness (QED) is 0.711. The van der Waals surface area contributed by atoms with Crippen LogP contribution in [0.2, 0.25) is 0 Å². The summed E-state index contributed by atoms with van der Waals surface area (Å²) in [5.74, 6) is 0.418. The van der Waals surface area contributed by atoms with Gasteiger partial charge in [-0.05, 0) is 12.1 Å². The fourth-order valence-corrected chi connectivity index (χ4v) is 1.87. The molecule has 2 nitrogen and oxygen atoms in total. The zero-order valence-electron chi connectivity index (χ0n) is 10.1. The highest BCUT2D eigenvalue weighted by molar-refractivity contribution is 5.20. The Morgan fingerprint density at radius 3 is 2.56 bits per heavy atom. The van der Waals surface area contributed by atoms with E-state index in [0.29, 0.717) is 12.5 Å². The van der Waals surface area contributed by atoms with Crippen LogP contribution in [0.5, 0.6) is 0 Å². The molecule has 1 atom stereocenters. The lowest BCUT2D eigenvalue weighted by molar-refractivity contribution is 0.298. The minimum atomic E-state index is 0.418. The molecule has 16 heavy (non-hydrogen) atoms. The van der Waals surface area contributed by atoms with Crippen LogP contribution in [-0.2, 0) is 0 Å². The predicted octanol–water partition coefficient (Wildman–Crippen LogP) is 2.24. The molecule has 0 heterocycles. The lowest BCUT2D eigenvalue weighted by atomic mass is 9.99. The summed E-state index contributed by atoms with van der Waals surface area (Å²) >= 11 is 0. The summed E-state index contributed by atoms with van der Waals surface area (Å²) in [7, 11) is 0. The fraction of sp³-hybridized carbons (Fsp3) is 0.429. The lowest BCUT2D eigenvalue weighted by Crippen LogP contribution is -2.31. The Kier molecular flexibility index (Phi) is 5.83. The van der Waals surface area contributed by atoms with Crippen molar-refractivity contribution in [3.8, 4) is 0 Å². The second kappa shape index (κ2) is 7.20. The van der Waals surface area contributed by atoms with Gasteiger partial charge in [0.15, 0.2) is 0 Å². The molecule has 0 amide bonds. The van der Waals surface area contributed by atoms with Crippen LogP contribution < -0.4 is 5.73 Å². The van der Waals surface area contributed by atoms with Crippen molar-refractivity contribution in [3.05, 3.63) is 48.6 Å². The van der Waals surface area contributed by atoms with Crippen molar-refractivity contribution in [2.45, 2.75) is 12.8 Å². The molecule has 2 heteroatoms. The third-order valence-corrected chi connectivity index (χ3v) is 2.87. The van der Waals surface area contributed by atoms with Crippen LogP contribution in [0.4, 0.5) is 0 Å². The first kappa shape index (κ1) is 12.9. The second-order valence-corrected chi connectivity index (χ2v) is 3.98. The lowest BCUT2D eigenvalue weighted by Gasteiger charge is -2.24. The van der Waals surface area contributed by atoms with Crippen LogP contribution in [0.25, 0.3) is 0 Å². The predicted molar refractivity (Wildman–Crippen MR) is 70.5 cm³/mol. The topological polar surface area (TPSA) is 29.3 Å². The molecule has 88 valence electrons. The smallest absolute Gasteiger partial charge is 0.0160 e. The molecule has 0 aromatic heterocycles. The van der Waals surface area contributed by atoms with Crippen molar-refractivity contribution in [1.82, 2.24) is 4.90 Å². The minimum absolute atomic E-state index is 0.418. The van der Waals surface area contributed by atoms with Gasteiger partial charge in [0.1, 0.15) is 0 Å². The molecule has 0 spiro atoms. The Bertz CT molecular complexity index is 295. The molecule has 1 rings (SSSR count). The van der Waals surface area contributed by atoms with E-state index < -0.39 is 0 Å². The molecule has 1 aromatic carbocycles. The van der Waals surface area contributed by atoms with E-state index in [0.717, 1.165) is 19.6 Å². The Labute approximate surface area is 98.8 Å². The van der Waals surface area contributed by atoms with Gasteiger partial charge < -0.3 is 5.73 Å². The Balaban J connectivity index is 2.64. The fourth-order valence-electron chi connectivity index (χ4n) is 1.87. The standard InChI is InChI=1S/C14H22N2/c1-3-10-16(4-2)12-14(11-15)13-8-6-5-7-9-13/h3,5-9,14H,1,4,10-12,15H2,2H3. The van der Waals surface area contributed by atoms with Crippen molar-refractivity contribution < 1.29 is 0 Å². The Hall–Kier alpha value is -1.12. The number of rotatable bonds is 7. The number of nitrogens with zero attached hydrogens (tertiary/aromatic N) is 1. The summed E-state index contributed by atoms with van der Waals surface area (Å²) in [6.07, 6.45) is 1.95. The second-order valence-electron chi connectivity index (χ2n) is 3.98. The average molecular weight is 218 g/mol. The highest BCUT2D eigenvalue weighted by Gasteiger charge is 2.12.